The minimum Gasteiger partial charge on any atom is -0.0991 e. The van der Waals surface area contributed by atoms with Crippen LogP contribution in [0.1, 0.15) is 46.5 Å². The zero-order chi connectivity index (χ0) is 10.1. The predicted molar refractivity (Wildman–Crippen MR) is 61.9 cm³/mol. The van der Waals surface area contributed by atoms with Gasteiger partial charge in [0.2, 0.25) is 0 Å². The molecule has 0 saturated carbocycles. The van der Waals surface area contributed by atoms with E-state index in [9.17, 15) is 0 Å². The Morgan fingerprint density at radius 1 is 1.15 bits per heavy atom. The van der Waals surface area contributed by atoms with Gasteiger partial charge in [-0.2, -0.15) is 0 Å². The summed E-state index contributed by atoms with van der Waals surface area (Å²) in [5, 5.41) is 0. The number of hydrogen-bond donors (Lipinski definition) is 0. The molecule has 0 fully saturated rings. The zero-order valence-corrected chi connectivity index (χ0v) is 9.27. The van der Waals surface area contributed by atoms with E-state index in [-0.39, 0.29) is 0 Å². The monoisotopic (exact) mass is 178 g/mol. The van der Waals surface area contributed by atoms with Crippen LogP contribution in [0.3, 0.4) is 0 Å². The average Bonchev–Trinajstić information content (AvgIpc) is 2.05. The van der Waals surface area contributed by atoms with E-state index in [1.54, 1.807) is 0 Å². The maximum atomic E-state index is 3.68. The Hall–Kier alpha value is -0.780. The van der Waals surface area contributed by atoms with Gasteiger partial charge in [0, 0.05) is 0 Å². The molecule has 0 saturated heterocycles. The van der Waals surface area contributed by atoms with E-state index in [0.717, 1.165) is 6.42 Å². The van der Waals surface area contributed by atoms with Gasteiger partial charge in [0.25, 0.3) is 0 Å². The second-order valence-electron chi connectivity index (χ2n) is 3.59. The van der Waals surface area contributed by atoms with Gasteiger partial charge in [-0.05, 0) is 33.1 Å². The van der Waals surface area contributed by atoms with Gasteiger partial charge in [-0.15, -0.1) is 0 Å². The number of hydrogen-bond acceptors (Lipinski definition) is 0. The minimum atomic E-state index is 1.16. The van der Waals surface area contributed by atoms with Gasteiger partial charge in [-0.25, -0.2) is 0 Å². The Labute approximate surface area is 83.0 Å². The normalized spacial score (nSPS) is 13.2. The van der Waals surface area contributed by atoms with Crippen LogP contribution in [0, 0.1) is 0 Å². The summed E-state index contributed by atoms with van der Waals surface area (Å²) < 4.78 is 0. The largest absolute Gasteiger partial charge is 0.0991 e. The minimum absolute atomic E-state index is 1.16. The van der Waals surface area contributed by atoms with Gasteiger partial charge in [-0.1, -0.05) is 49.3 Å². The summed E-state index contributed by atoms with van der Waals surface area (Å²) in [7, 11) is 0. The maximum absolute atomic E-state index is 3.68. The van der Waals surface area contributed by atoms with Crippen LogP contribution in [0.2, 0.25) is 0 Å². The summed E-state index contributed by atoms with van der Waals surface area (Å²) in [6, 6.07) is 0. The van der Waals surface area contributed by atoms with Crippen molar-refractivity contribution in [3.05, 3.63) is 36.0 Å². The first kappa shape index (κ1) is 12.2. The molecule has 0 radical (unpaired) electrons. The Morgan fingerprint density at radius 3 is 2.38 bits per heavy atom. The Balaban J connectivity index is 3.71. The second kappa shape index (κ2) is 7.85. The highest BCUT2D eigenvalue weighted by molar-refractivity contribution is 5.09. The van der Waals surface area contributed by atoms with Gasteiger partial charge in [0.05, 0.1) is 0 Å². The average molecular weight is 178 g/mol. The van der Waals surface area contributed by atoms with Crippen molar-refractivity contribution in [2.24, 2.45) is 0 Å². The van der Waals surface area contributed by atoms with Crippen molar-refractivity contribution < 1.29 is 0 Å². The number of rotatable bonds is 6. The third kappa shape index (κ3) is 7.58. The molecule has 0 atom stereocenters. The van der Waals surface area contributed by atoms with Crippen molar-refractivity contribution in [1.29, 1.82) is 0 Å². The summed E-state index contributed by atoms with van der Waals surface area (Å²) in [6.45, 7) is 10.3. The molecule has 0 aliphatic rings. The highest BCUT2D eigenvalue weighted by Gasteiger charge is 1.89. The molecule has 0 aromatic carbocycles. The fourth-order valence-electron chi connectivity index (χ4n) is 1.33. The SMILES string of the molecule is C=CC=C(C)CCC=C(C)CCC. The highest BCUT2D eigenvalue weighted by atomic mass is 14.0. The van der Waals surface area contributed by atoms with Crippen LogP contribution in [0.25, 0.3) is 0 Å². The summed E-state index contributed by atoms with van der Waals surface area (Å²) in [5.41, 5.74) is 2.93. The standard InChI is InChI=1S/C13H22/c1-5-8-12(3)10-7-11-13(4)9-6-2/h5,8,11H,1,6-7,9-10H2,2-4H3. The van der Waals surface area contributed by atoms with Crippen molar-refractivity contribution in [1.82, 2.24) is 0 Å². The lowest BCUT2D eigenvalue weighted by molar-refractivity contribution is 0.881. The molecule has 0 heterocycles. The first-order valence-electron chi connectivity index (χ1n) is 5.14. The van der Waals surface area contributed by atoms with Crippen LogP contribution in [0.15, 0.2) is 36.0 Å². The Morgan fingerprint density at radius 2 is 1.85 bits per heavy atom. The number of allylic oxidation sites excluding steroid dienone is 5. The first-order valence-corrected chi connectivity index (χ1v) is 5.14. The lowest BCUT2D eigenvalue weighted by Gasteiger charge is -1.99. The van der Waals surface area contributed by atoms with Crippen molar-refractivity contribution in [3.63, 3.8) is 0 Å². The van der Waals surface area contributed by atoms with E-state index in [1.807, 2.05) is 6.08 Å². The summed E-state index contributed by atoms with van der Waals surface area (Å²) >= 11 is 0. The van der Waals surface area contributed by atoms with Crippen LogP contribution in [-0.2, 0) is 0 Å². The van der Waals surface area contributed by atoms with Crippen molar-refractivity contribution >= 4 is 0 Å². The Bertz CT molecular complexity index is 194. The third-order valence-corrected chi connectivity index (χ3v) is 2.08. The van der Waals surface area contributed by atoms with Gasteiger partial charge in [-0.3, -0.25) is 0 Å². The molecule has 0 amide bonds. The molecule has 0 aliphatic heterocycles. The smallest absolute Gasteiger partial charge is 0.0285 e. The molecule has 74 valence electrons. The van der Waals surface area contributed by atoms with E-state index < -0.39 is 0 Å². The van der Waals surface area contributed by atoms with Crippen LogP contribution in [0.4, 0.5) is 0 Å². The van der Waals surface area contributed by atoms with E-state index in [4.69, 9.17) is 0 Å². The first-order chi connectivity index (χ1) is 6.20. The molecular formula is C13H22. The third-order valence-electron chi connectivity index (χ3n) is 2.08. The summed E-state index contributed by atoms with van der Waals surface area (Å²) in [5.74, 6) is 0. The van der Waals surface area contributed by atoms with Gasteiger partial charge in [0.15, 0.2) is 0 Å². The molecule has 0 unspecified atom stereocenters. The molecule has 0 N–H and O–H groups in total. The molecule has 0 aromatic rings. The fraction of sp³-hybridized carbons (Fsp3) is 0.538. The van der Waals surface area contributed by atoms with Gasteiger partial charge < -0.3 is 0 Å². The summed E-state index contributed by atoms with van der Waals surface area (Å²) in [6.07, 6.45) is 11.1. The van der Waals surface area contributed by atoms with Crippen molar-refractivity contribution in [2.45, 2.75) is 46.5 Å². The fourth-order valence-corrected chi connectivity index (χ4v) is 1.33. The molecule has 0 rings (SSSR count). The van der Waals surface area contributed by atoms with Crippen LogP contribution in [0.5, 0.6) is 0 Å². The molecule has 0 bridgehead atoms. The van der Waals surface area contributed by atoms with Crippen LogP contribution in [-0.4, -0.2) is 0 Å². The predicted octanol–water partition coefficient (Wildman–Crippen LogP) is 4.65. The molecular weight excluding hydrogens is 156 g/mol. The highest BCUT2D eigenvalue weighted by Crippen LogP contribution is 2.09. The van der Waals surface area contributed by atoms with Crippen molar-refractivity contribution in [3.8, 4) is 0 Å². The molecule has 0 aromatic heterocycles. The quantitative estimate of drug-likeness (QED) is 0.410. The maximum Gasteiger partial charge on any atom is -0.0285 e. The lowest BCUT2D eigenvalue weighted by atomic mass is 10.1. The van der Waals surface area contributed by atoms with Gasteiger partial charge >= 0.3 is 0 Å². The van der Waals surface area contributed by atoms with E-state index >= 15 is 0 Å². The van der Waals surface area contributed by atoms with E-state index in [1.165, 1.54) is 30.4 Å². The summed E-state index contributed by atoms with van der Waals surface area (Å²) in [4.78, 5) is 0. The van der Waals surface area contributed by atoms with E-state index in [2.05, 4.69) is 39.5 Å². The zero-order valence-electron chi connectivity index (χ0n) is 9.27. The topological polar surface area (TPSA) is 0 Å². The molecule has 0 spiro atoms. The molecule has 0 heteroatoms. The second-order valence-corrected chi connectivity index (χ2v) is 3.59. The molecule has 0 nitrogen and oxygen atoms in total. The Kier molecular flexibility index (Phi) is 7.38. The van der Waals surface area contributed by atoms with Gasteiger partial charge in [0.1, 0.15) is 0 Å². The molecule has 13 heavy (non-hydrogen) atoms. The van der Waals surface area contributed by atoms with Crippen molar-refractivity contribution in [2.75, 3.05) is 0 Å². The molecule has 0 aliphatic carbocycles. The van der Waals surface area contributed by atoms with Crippen LogP contribution < -0.4 is 0 Å². The lowest BCUT2D eigenvalue weighted by Crippen LogP contribution is -1.78. The van der Waals surface area contributed by atoms with Crippen LogP contribution >= 0.6 is 0 Å². The van der Waals surface area contributed by atoms with E-state index in [0.29, 0.717) is 0 Å².